The average molecular weight is 1400 g/mol. The molecule has 96 heavy (non-hydrogen) atoms. The van der Waals surface area contributed by atoms with Crippen molar-refractivity contribution in [1.29, 1.82) is 0 Å². The van der Waals surface area contributed by atoms with Gasteiger partial charge >= 0.3 is 39.5 Å². The Balaban J connectivity index is 5.35. The molecule has 0 rings (SSSR count). The van der Waals surface area contributed by atoms with Crippen LogP contribution in [0.25, 0.3) is 0 Å². The molecule has 0 aliphatic carbocycles. The maximum absolute atomic E-state index is 13.1. The third kappa shape index (κ3) is 68.8. The molecule has 5 atom stereocenters. The second kappa shape index (κ2) is 69.7. The zero-order valence-electron chi connectivity index (χ0n) is 60.5. The Morgan fingerprint density at radius 2 is 0.552 bits per heavy atom. The zero-order valence-corrected chi connectivity index (χ0v) is 62.3. The number of ether oxygens (including phenoxy) is 4. The van der Waals surface area contributed by atoms with Crippen molar-refractivity contribution in [2.45, 2.75) is 341 Å². The predicted octanol–water partition coefficient (Wildman–Crippen LogP) is 21.4. The molecule has 17 nitrogen and oxygen atoms in total. The third-order valence-electron chi connectivity index (χ3n) is 15.8. The number of esters is 4. The average Bonchev–Trinajstić information content (AvgIpc) is 2.18. The van der Waals surface area contributed by atoms with E-state index >= 15 is 0 Å². The maximum Gasteiger partial charge on any atom is 0.472 e. The summed E-state index contributed by atoms with van der Waals surface area (Å²) in [4.78, 5) is 72.7. The molecular weight excluding hydrogens is 1260 g/mol. The molecule has 0 heterocycles. The SMILES string of the molecule is CC/C=C\C/C=C\C/C=C\C/C=C\CCCCCCC(=O)OCC(COP(=O)(O)OCC(O)COP(=O)(O)OCC(COC(=O)CCCCCCCCCCCCCCC)OC(=O)CCCCCCC/C=C\CCCC)OC(=O)CCCCCCC/C=C\C/C=C\CCCCC. The minimum Gasteiger partial charge on any atom is -0.462 e. The second-order valence-corrected chi connectivity index (χ2v) is 28.1. The summed E-state index contributed by atoms with van der Waals surface area (Å²) in [6.07, 6.45) is 70.0. The third-order valence-corrected chi connectivity index (χ3v) is 17.7. The van der Waals surface area contributed by atoms with E-state index in [9.17, 15) is 43.2 Å². The molecular formula is C77H136O17P2. The van der Waals surface area contributed by atoms with Crippen molar-refractivity contribution in [2.75, 3.05) is 39.6 Å². The molecule has 0 aliphatic heterocycles. The van der Waals surface area contributed by atoms with Gasteiger partial charge in [-0.2, -0.15) is 0 Å². The van der Waals surface area contributed by atoms with Gasteiger partial charge in [-0.25, -0.2) is 9.13 Å². The van der Waals surface area contributed by atoms with Gasteiger partial charge in [0.05, 0.1) is 26.4 Å². The number of carbonyl (C=O) groups excluding carboxylic acids is 4. The predicted molar refractivity (Wildman–Crippen MR) is 390 cm³/mol. The monoisotopic (exact) mass is 1390 g/mol. The molecule has 19 heteroatoms. The molecule has 0 aromatic heterocycles. The van der Waals surface area contributed by atoms with Crippen molar-refractivity contribution < 1.29 is 80.2 Å². The normalized spacial score (nSPS) is 14.4. The van der Waals surface area contributed by atoms with Gasteiger partial charge in [-0.3, -0.25) is 37.3 Å². The van der Waals surface area contributed by atoms with E-state index in [1.165, 1.54) is 89.9 Å². The topological polar surface area (TPSA) is 237 Å². The number of phosphoric ester groups is 2. The van der Waals surface area contributed by atoms with E-state index in [2.05, 4.69) is 113 Å². The van der Waals surface area contributed by atoms with E-state index in [1.807, 2.05) is 0 Å². The Kier molecular flexibility index (Phi) is 67.0. The Bertz CT molecular complexity index is 2160. The van der Waals surface area contributed by atoms with Crippen LogP contribution in [0.3, 0.4) is 0 Å². The van der Waals surface area contributed by atoms with Gasteiger partial charge in [0.15, 0.2) is 12.2 Å². The molecule has 0 spiro atoms. The molecule has 0 amide bonds. The fraction of sp³-hybridized carbons (Fsp3) is 0.766. The summed E-state index contributed by atoms with van der Waals surface area (Å²) in [6, 6.07) is 0. The largest absolute Gasteiger partial charge is 0.472 e. The first-order valence-corrected chi connectivity index (χ1v) is 40.8. The Hall–Kier alpha value is -3.76. The molecule has 3 N–H and O–H groups in total. The molecule has 0 fully saturated rings. The Labute approximate surface area is 583 Å². The number of hydrogen-bond donors (Lipinski definition) is 3. The van der Waals surface area contributed by atoms with E-state index in [0.29, 0.717) is 25.7 Å². The number of aliphatic hydroxyl groups excluding tert-OH is 1. The molecule has 0 aromatic carbocycles. The van der Waals surface area contributed by atoms with E-state index in [-0.39, 0.29) is 25.7 Å². The molecule has 0 radical (unpaired) electrons. The lowest BCUT2D eigenvalue weighted by atomic mass is 10.0. The Morgan fingerprint density at radius 3 is 0.896 bits per heavy atom. The van der Waals surface area contributed by atoms with Crippen LogP contribution in [0.4, 0.5) is 0 Å². The van der Waals surface area contributed by atoms with Crippen molar-refractivity contribution in [3.8, 4) is 0 Å². The van der Waals surface area contributed by atoms with E-state index in [4.69, 9.17) is 37.0 Å². The van der Waals surface area contributed by atoms with Gasteiger partial charge in [-0.15, -0.1) is 0 Å². The van der Waals surface area contributed by atoms with Crippen LogP contribution in [0.1, 0.15) is 323 Å². The molecule has 5 unspecified atom stereocenters. The molecule has 0 aromatic rings. The van der Waals surface area contributed by atoms with Crippen LogP contribution in [-0.2, 0) is 65.4 Å². The van der Waals surface area contributed by atoms with E-state index < -0.39 is 97.5 Å². The van der Waals surface area contributed by atoms with Crippen LogP contribution in [0.2, 0.25) is 0 Å². The number of unbranched alkanes of at least 4 members (excludes halogenated alkanes) is 31. The summed E-state index contributed by atoms with van der Waals surface area (Å²) in [6.45, 7) is 4.67. The first-order valence-electron chi connectivity index (χ1n) is 37.8. The minimum atomic E-state index is -4.98. The van der Waals surface area contributed by atoms with Crippen molar-refractivity contribution in [1.82, 2.24) is 0 Å². The minimum absolute atomic E-state index is 0.0740. The molecule has 556 valence electrons. The van der Waals surface area contributed by atoms with Gasteiger partial charge in [-0.1, -0.05) is 267 Å². The summed E-state index contributed by atoms with van der Waals surface area (Å²) in [7, 11) is -9.95. The van der Waals surface area contributed by atoms with Gasteiger partial charge in [0.1, 0.15) is 19.3 Å². The highest BCUT2D eigenvalue weighted by Crippen LogP contribution is 2.45. The number of carbonyl (C=O) groups is 4. The fourth-order valence-electron chi connectivity index (χ4n) is 10.0. The summed E-state index contributed by atoms with van der Waals surface area (Å²) in [5, 5.41) is 10.6. The van der Waals surface area contributed by atoms with Crippen LogP contribution in [-0.4, -0.2) is 96.7 Å². The van der Waals surface area contributed by atoms with Crippen molar-refractivity contribution in [3.05, 3.63) is 85.1 Å². The lowest BCUT2D eigenvalue weighted by Crippen LogP contribution is -2.30. The highest BCUT2D eigenvalue weighted by atomic mass is 31.2. The summed E-state index contributed by atoms with van der Waals surface area (Å²) >= 11 is 0. The van der Waals surface area contributed by atoms with Crippen molar-refractivity contribution in [2.24, 2.45) is 0 Å². The second-order valence-electron chi connectivity index (χ2n) is 25.2. The standard InChI is InChI=1S/C77H136O17P2/c1-5-9-13-17-21-25-29-32-34-35-37-39-43-46-50-54-58-62-75(80)88-68-73(94-77(82)64-60-56-52-48-44-40-36-33-30-26-22-18-14-10-6-2)70-92-96(85,86)90-66-71(78)65-89-95(83,84)91-69-72(93-76(81)63-59-55-51-47-41-28-24-20-16-12-8-4)67-87-74(79)61-57-53-49-45-42-38-31-27-23-19-15-11-7-3/h9,13,20-22,24-26,32-34,36-37,39,71-73,78H,5-8,10-12,14-19,23,27-31,35,38,40-70H2,1-4H3,(H,83,84)(H,85,86)/b13-9-,24-20-,25-21-,26-22-,34-32-,36-33-,39-37-. The first-order chi connectivity index (χ1) is 46.7. The molecule has 0 saturated heterocycles. The van der Waals surface area contributed by atoms with Crippen LogP contribution < -0.4 is 0 Å². The van der Waals surface area contributed by atoms with Crippen molar-refractivity contribution in [3.63, 3.8) is 0 Å². The quantitative estimate of drug-likeness (QED) is 0.0169. The lowest BCUT2D eigenvalue weighted by molar-refractivity contribution is -0.161. The fourth-order valence-corrected chi connectivity index (χ4v) is 11.6. The van der Waals surface area contributed by atoms with Crippen molar-refractivity contribution >= 4 is 39.5 Å². The van der Waals surface area contributed by atoms with Gasteiger partial charge < -0.3 is 33.8 Å². The summed E-state index contributed by atoms with van der Waals surface area (Å²) < 4.78 is 68.4. The van der Waals surface area contributed by atoms with Gasteiger partial charge in [0.25, 0.3) is 0 Å². The molecule has 0 aliphatic rings. The number of allylic oxidation sites excluding steroid dienone is 14. The maximum atomic E-state index is 13.1. The van der Waals surface area contributed by atoms with Crippen LogP contribution >= 0.6 is 15.6 Å². The lowest BCUT2D eigenvalue weighted by Gasteiger charge is -2.21. The number of phosphoric acid groups is 2. The first kappa shape index (κ1) is 92.2. The molecule has 0 saturated carbocycles. The highest BCUT2D eigenvalue weighted by molar-refractivity contribution is 7.47. The number of aliphatic hydroxyl groups is 1. The van der Waals surface area contributed by atoms with Crippen LogP contribution in [0.15, 0.2) is 85.1 Å². The highest BCUT2D eigenvalue weighted by Gasteiger charge is 2.30. The Morgan fingerprint density at radius 1 is 0.302 bits per heavy atom. The van der Waals surface area contributed by atoms with Crippen LogP contribution in [0.5, 0.6) is 0 Å². The van der Waals surface area contributed by atoms with Gasteiger partial charge in [0.2, 0.25) is 0 Å². The summed E-state index contributed by atoms with van der Waals surface area (Å²) in [5.74, 6) is -2.21. The van der Waals surface area contributed by atoms with E-state index in [0.717, 1.165) is 154 Å². The van der Waals surface area contributed by atoms with Gasteiger partial charge in [0, 0.05) is 25.7 Å². The zero-order chi connectivity index (χ0) is 70.4. The number of hydrogen-bond acceptors (Lipinski definition) is 15. The smallest absolute Gasteiger partial charge is 0.462 e. The van der Waals surface area contributed by atoms with E-state index in [1.54, 1.807) is 0 Å². The number of rotatable bonds is 71. The van der Waals surface area contributed by atoms with Gasteiger partial charge in [-0.05, 0) is 116 Å². The van der Waals surface area contributed by atoms with Crippen LogP contribution in [0, 0.1) is 0 Å². The molecule has 0 bridgehead atoms. The summed E-state index contributed by atoms with van der Waals surface area (Å²) in [5.41, 5.74) is 0.